The van der Waals surface area contributed by atoms with Crippen molar-refractivity contribution in [2.24, 2.45) is 0 Å². The molecule has 6 rings (SSSR count). The zero-order chi connectivity index (χ0) is 18.0. The first kappa shape index (κ1) is 15.9. The zero-order valence-electron chi connectivity index (χ0n) is 14.8. The first-order chi connectivity index (χ1) is 13.2. The molecule has 0 unspecified atom stereocenters. The Kier molecular flexibility index (Phi) is 3.50. The fraction of sp³-hybridized carbons (Fsp3) is 0.0400. The molecule has 27 heavy (non-hydrogen) atoms. The fourth-order valence-corrected chi connectivity index (χ4v) is 8.04. The van der Waals surface area contributed by atoms with Crippen LogP contribution >= 0.6 is 11.3 Å². The molecule has 6 aromatic rings. The first-order valence-electron chi connectivity index (χ1n) is 9.10. The molecular formula is C25H16STe. The summed E-state index contributed by atoms with van der Waals surface area (Å²) in [7, 11) is 0. The predicted molar refractivity (Wildman–Crippen MR) is 121 cm³/mol. The van der Waals surface area contributed by atoms with Crippen LogP contribution in [0.25, 0.3) is 49.6 Å². The first-order valence-corrected chi connectivity index (χ1v) is 12.2. The molecule has 2 aromatic heterocycles. The number of rotatable bonds is 1. The average molecular weight is 476 g/mol. The Bertz CT molecular complexity index is 1380. The number of aryl methyl sites for hydroxylation is 1. The van der Waals surface area contributed by atoms with Gasteiger partial charge in [-0.05, 0) is 0 Å². The molecular weight excluding hydrogens is 460 g/mol. The molecule has 2 heteroatoms. The third-order valence-electron chi connectivity index (χ3n) is 5.25. The molecule has 0 bridgehead atoms. The van der Waals surface area contributed by atoms with Gasteiger partial charge >= 0.3 is 172 Å². The molecule has 0 aliphatic carbocycles. The van der Waals surface area contributed by atoms with Crippen LogP contribution in [0.2, 0.25) is 0 Å². The van der Waals surface area contributed by atoms with Crippen molar-refractivity contribution in [2.45, 2.75) is 6.92 Å². The van der Waals surface area contributed by atoms with Crippen molar-refractivity contribution in [3.8, 4) is 9.14 Å². The number of hydrogen-bond acceptors (Lipinski definition) is 1. The zero-order valence-corrected chi connectivity index (χ0v) is 18.0. The van der Waals surface area contributed by atoms with Crippen molar-refractivity contribution >= 4 is 72.2 Å². The molecule has 2 heterocycles. The van der Waals surface area contributed by atoms with Crippen LogP contribution in [0.5, 0.6) is 0 Å². The predicted octanol–water partition coefficient (Wildman–Crippen LogP) is 7.39. The van der Waals surface area contributed by atoms with Crippen LogP contribution in [0.1, 0.15) is 4.88 Å². The van der Waals surface area contributed by atoms with Crippen molar-refractivity contribution in [3.05, 3.63) is 83.7 Å². The van der Waals surface area contributed by atoms with Crippen LogP contribution in [0.15, 0.2) is 78.9 Å². The molecule has 0 saturated carbocycles. The van der Waals surface area contributed by atoms with Gasteiger partial charge in [0.1, 0.15) is 0 Å². The average Bonchev–Trinajstić information content (AvgIpc) is 3.24. The monoisotopic (exact) mass is 478 g/mol. The molecule has 0 N–H and O–H groups in total. The molecule has 0 amide bonds. The van der Waals surface area contributed by atoms with E-state index in [9.17, 15) is 0 Å². The number of thiophene rings is 1. The molecule has 0 aliphatic heterocycles. The molecule has 0 spiro atoms. The Balaban J connectivity index is 1.61. The summed E-state index contributed by atoms with van der Waals surface area (Å²) in [6, 6.07) is 29.9. The maximum atomic E-state index is 2.45. The molecule has 0 radical (unpaired) electrons. The van der Waals surface area contributed by atoms with E-state index in [-0.39, 0.29) is 20.4 Å². The number of benzene rings is 4. The standard InChI is InChI=1S/C25H16STe/c1-15-7-21-10-17-9-20-13-25-22(11-18(20)8-19(17)12-23(21)26-15)14-24(27-25)16-5-3-2-4-6-16/h2-14H,1H3. The van der Waals surface area contributed by atoms with Gasteiger partial charge in [-0.1, -0.05) is 0 Å². The van der Waals surface area contributed by atoms with E-state index >= 15 is 0 Å². The fourth-order valence-electron chi connectivity index (χ4n) is 3.95. The minimum absolute atomic E-state index is 0.309. The molecule has 128 valence electrons. The topological polar surface area (TPSA) is 0 Å². The van der Waals surface area contributed by atoms with Crippen molar-refractivity contribution in [1.82, 2.24) is 0 Å². The Morgan fingerprint density at radius 1 is 0.630 bits per heavy atom. The summed E-state index contributed by atoms with van der Waals surface area (Å²) < 4.78 is 4.50. The van der Waals surface area contributed by atoms with E-state index in [2.05, 4.69) is 85.8 Å². The Morgan fingerprint density at radius 2 is 1.30 bits per heavy atom. The number of hydrogen-bond donors (Lipinski definition) is 0. The van der Waals surface area contributed by atoms with E-state index < -0.39 is 0 Å². The summed E-state index contributed by atoms with van der Waals surface area (Å²) in [5.74, 6) is 0. The summed E-state index contributed by atoms with van der Waals surface area (Å²) >= 11 is 1.58. The quantitative estimate of drug-likeness (QED) is 0.172. The Hall–Kier alpha value is -2.11. The minimum atomic E-state index is -0.309. The van der Waals surface area contributed by atoms with Crippen LogP contribution in [0.4, 0.5) is 0 Å². The van der Waals surface area contributed by atoms with Gasteiger partial charge in [-0.25, -0.2) is 0 Å². The molecule has 0 atom stereocenters. The van der Waals surface area contributed by atoms with Gasteiger partial charge in [-0.2, -0.15) is 0 Å². The number of fused-ring (bicyclic) bond motifs is 4. The van der Waals surface area contributed by atoms with Gasteiger partial charge in [0.05, 0.1) is 0 Å². The van der Waals surface area contributed by atoms with E-state index in [0.29, 0.717) is 0 Å². The van der Waals surface area contributed by atoms with Gasteiger partial charge in [-0.3, -0.25) is 0 Å². The van der Waals surface area contributed by atoms with Gasteiger partial charge in [0, 0.05) is 0 Å². The Morgan fingerprint density at radius 3 is 2.11 bits per heavy atom. The van der Waals surface area contributed by atoms with E-state index in [1.807, 2.05) is 11.3 Å². The maximum absolute atomic E-state index is 2.45. The van der Waals surface area contributed by atoms with Crippen LogP contribution in [0, 0.1) is 6.92 Å². The second kappa shape index (κ2) is 5.94. The summed E-state index contributed by atoms with van der Waals surface area (Å²) in [4.78, 5) is 1.38. The van der Waals surface area contributed by atoms with Crippen LogP contribution in [-0.2, 0) is 0 Å². The van der Waals surface area contributed by atoms with Gasteiger partial charge < -0.3 is 0 Å². The summed E-state index contributed by atoms with van der Waals surface area (Å²) in [6.45, 7) is 2.19. The normalized spacial score (nSPS) is 11.9. The molecule has 0 aliphatic rings. The molecule has 0 fully saturated rings. The summed E-state index contributed by atoms with van der Waals surface area (Å²) in [5.41, 5.74) is 1.39. The van der Waals surface area contributed by atoms with Crippen molar-refractivity contribution in [1.29, 1.82) is 0 Å². The van der Waals surface area contributed by atoms with Crippen molar-refractivity contribution in [3.63, 3.8) is 0 Å². The van der Waals surface area contributed by atoms with Crippen LogP contribution in [-0.4, -0.2) is 20.4 Å². The van der Waals surface area contributed by atoms with Crippen molar-refractivity contribution in [2.75, 3.05) is 0 Å². The Labute approximate surface area is 171 Å². The van der Waals surface area contributed by atoms with Crippen LogP contribution < -0.4 is 0 Å². The molecule has 0 saturated heterocycles. The van der Waals surface area contributed by atoms with E-state index in [1.54, 1.807) is 6.98 Å². The third-order valence-corrected chi connectivity index (χ3v) is 9.53. The van der Waals surface area contributed by atoms with Crippen molar-refractivity contribution < 1.29 is 0 Å². The van der Waals surface area contributed by atoms with E-state index in [4.69, 9.17) is 0 Å². The van der Waals surface area contributed by atoms with E-state index in [1.165, 1.54) is 47.5 Å². The second-order valence-electron chi connectivity index (χ2n) is 7.16. The van der Waals surface area contributed by atoms with E-state index in [0.717, 1.165) is 0 Å². The molecule has 4 aromatic carbocycles. The van der Waals surface area contributed by atoms with Gasteiger partial charge in [0.15, 0.2) is 0 Å². The second-order valence-corrected chi connectivity index (χ2v) is 11.5. The third kappa shape index (κ3) is 2.64. The SMILES string of the molecule is Cc1cc2cc3cc4cc5[te]c(-c6ccccc6)cc5cc4cc3cc2s1. The van der Waals surface area contributed by atoms with Gasteiger partial charge in [-0.15, -0.1) is 0 Å². The summed E-state index contributed by atoms with van der Waals surface area (Å²) in [6.07, 6.45) is 0. The molecule has 0 nitrogen and oxygen atoms in total. The van der Waals surface area contributed by atoms with Gasteiger partial charge in [0.2, 0.25) is 0 Å². The summed E-state index contributed by atoms with van der Waals surface area (Å²) in [5, 5.41) is 8.22. The van der Waals surface area contributed by atoms with Gasteiger partial charge in [0.25, 0.3) is 0 Å². The van der Waals surface area contributed by atoms with Crippen LogP contribution in [0.3, 0.4) is 0 Å².